The number of carbonyl (C=O) groups is 1. The van der Waals surface area contributed by atoms with Crippen LogP contribution in [0.2, 0.25) is 0 Å². The Balaban J connectivity index is 1.97. The van der Waals surface area contributed by atoms with Gasteiger partial charge in [-0.2, -0.15) is 0 Å². The van der Waals surface area contributed by atoms with Crippen molar-refractivity contribution in [3.63, 3.8) is 0 Å². The molecule has 2 atom stereocenters. The number of nitrogens with two attached hydrogens (primary N) is 1. The number of amides is 1. The number of hydrogen-bond donors (Lipinski definition) is 2. The second-order valence-corrected chi connectivity index (χ2v) is 5.32. The van der Waals surface area contributed by atoms with Crippen LogP contribution in [0, 0.1) is 5.92 Å². The molecule has 0 heterocycles. The Bertz CT molecular complexity index is 218. The van der Waals surface area contributed by atoms with E-state index in [0.717, 1.165) is 19.4 Å². The van der Waals surface area contributed by atoms with Gasteiger partial charge in [0.25, 0.3) is 0 Å². The molecule has 1 aliphatic rings. The van der Waals surface area contributed by atoms with Crippen LogP contribution in [-0.4, -0.2) is 18.5 Å². The van der Waals surface area contributed by atoms with Crippen LogP contribution in [0.15, 0.2) is 0 Å². The summed E-state index contributed by atoms with van der Waals surface area (Å²) in [6, 6.07) is 0.305. The monoisotopic (exact) mass is 240 g/mol. The van der Waals surface area contributed by atoms with E-state index in [1.54, 1.807) is 0 Å². The van der Waals surface area contributed by atoms with Gasteiger partial charge in [0.15, 0.2) is 0 Å². The summed E-state index contributed by atoms with van der Waals surface area (Å²) in [4.78, 5) is 11.6. The van der Waals surface area contributed by atoms with E-state index in [0.29, 0.717) is 18.4 Å². The van der Waals surface area contributed by atoms with Gasteiger partial charge in [0, 0.05) is 19.0 Å². The van der Waals surface area contributed by atoms with Crippen LogP contribution < -0.4 is 11.1 Å². The van der Waals surface area contributed by atoms with Gasteiger partial charge in [-0.25, -0.2) is 0 Å². The van der Waals surface area contributed by atoms with E-state index in [4.69, 9.17) is 5.73 Å². The molecule has 1 fully saturated rings. The highest BCUT2D eigenvalue weighted by Crippen LogP contribution is 2.22. The quantitative estimate of drug-likeness (QED) is 0.641. The molecular formula is C14H28N2O. The van der Waals surface area contributed by atoms with Crippen LogP contribution >= 0.6 is 0 Å². The van der Waals surface area contributed by atoms with Crippen LogP contribution in [0.3, 0.4) is 0 Å². The molecule has 1 amide bonds. The van der Waals surface area contributed by atoms with E-state index >= 15 is 0 Å². The third-order valence-electron chi connectivity index (χ3n) is 3.79. The first-order chi connectivity index (χ1) is 8.24. The fourth-order valence-electron chi connectivity index (χ4n) is 2.54. The molecule has 0 aliphatic heterocycles. The predicted molar refractivity (Wildman–Crippen MR) is 71.7 cm³/mol. The molecule has 0 bridgehead atoms. The number of hydrogen-bond acceptors (Lipinski definition) is 2. The van der Waals surface area contributed by atoms with Crippen molar-refractivity contribution < 1.29 is 4.79 Å². The second-order valence-electron chi connectivity index (χ2n) is 5.32. The van der Waals surface area contributed by atoms with Gasteiger partial charge in [-0.05, 0) is 25.2 Å². The maximum atomic E-state index is 11.6. The Morgan fingerprint density at radius 1 is 1.24 bits per heavy atom. The molecule has 0 saturated heterocycles. The average Bonchev–Trinajstić information content (AvgIpc) is 2.72. The topological polar surface area (TPSA) is 55.1 Å². The van der Waals surface area contributed by atoms with E-state index in [2.05, 4.69) is 12.2 Å². The third kappa shape index (κ3) is 6.06. The van der Waals surface area contributed by atoms with Crippen molar-refractivity contribution >= 4 is 5.91 Å². The van der Waals surface area contributed by atoms with Gasteiger partial charge in [-0.1, -0.05) is 39.0 Å². The molecule has 0 aromatic heterocycles. The van der Waals surface area contributed by atoms with Crippen LogP contribution in [0.5, 0.6) is 0 Å². The largest absolute Gasteiger partial charge is 0.356 e. The minimum absolute atomic E-state index is 0.209. The summed E-state index contributed by atoms with van der Waals surface area (Å²) in [6.45, 7) is 2.99. The van der Waals surface area contributed by atoms with Crippen molar-refractivity contribution in [2.75, 3.05) is 6.54 Å². The number of nitrogens with one attached hydrogen (secondary N) is 1. The molecule has 1 aliphatic carbocycles. The number of rotatable bonds is 8. The Morgan fingerprint density at radius 2 is 2.00 bits per heavy atom. The Kier molecular flexibility index (Phi) is 7.25. The first kappa shape index (κ1) is 14.5. The van der Waals surface area contributed by atoms with E-state index in [9.17, 15) is 4.79 Å². The lowest BCUT2D eigenvalue weighted by Gasteiger charge is -2.15. The van der Waals surface area contributed by atoms with Crippen molar-refractivity contribution in [2.24, 2.45) is 11.7 Å². The van der Waals surface area contributed by atoms with Crippen LogP contribution in [-0.2, 0) is 4.79 Å². The number of unbranched alkanes of at least 4 members (excludes halogenated alkanes) is 4. The minimum Gasteiger partial charge on any atom is -0.356 e. The summed E-state index contributed by atoms with van der Waals surface area (Å²) < 4.78 is 0. The van der Waals surface area contributed by atoms with E-state index < -0.39 is 0 Å². The fraction of sp³-hybridized carbons (Fsp3) is 0.929. The highest BCUT2D eigenvalue weighted by molar-refractivity contribution is 5.75. The zero-order chi connectivity index (χ0) is 12.5. The molecule has 1 saturated carbocycles. The molecule has 1 rings (SSSR count). The Morgan fingerprint density at radius 3 is 2.65 bits per heavy atom. The van der Waals surface area contributed by atoms with Crippen molar-refractivity contribution in [2.45, 2.75) is 70.8 Å². The van der Waals surface area contributed by atoms with Crippen molar-refractivity contribution in [3.05, 3.63) is 0 Å². The maximum absolute atomic E-state index is 11.6. The highest BCUT2D eigenvalue weighted by Gasteiger charge is 2.23. The highest BCUT2D eigenvalue weighted by atomic mass is 16.1. The Hall–Kier alpha value is -0.570. The molecule has 3 N–H and O–H groups in total. The van der Waals surface area contributed by atoms with Crippen molar-refractivity contribution in [3.8, 4) is 0 Å². The minimum atomic E-state index is 0.209. The summed E-state index contributed by atoms with van der Waals surface area (Å²) in [5.74, 6) is 0.722. The molecule has 0 aromatic rings. The van der Waals surface area contributed by atoms with Crippen LogP contribution in [0.1, 0.15) is 64.7 Å². The van der Waals surface area contributed by atoms with Gasteiger partial charge in [-0.15, -0.1) is 0 Å². The molecule has 3 heteroatoms. The lowest BCUT2D eigenvalue weighted by atomic mass is 10.0. The lowest BCUT2D eigenvalue weighted by molar-refractivity contribution is -0.121. The Labute approximate surface area is 106 Å². The van der Waals surface area contributed by atoms with Crippen LogP contribution in [0.25, 0.3) is 0 Å². The van der Waals surface area contributed by atoms with Crippen molar-refractivity contribution in [1.29, 1.82) is 0 Å². The van der Waals surface area contributed by atoms with Gasteiger partial charge in [0.2, 0.25) is 5.91 Å². The molecular weight excluding hydrogens is 212 g/mol. The lowest BCUT2D eigenvalue weighted by Crippen LogP contribution is -2.35. The van der Waals surface area contributed by atoms with Crippen molar-refractivity contribution in [1.82, 2.24) is 5.32 Å². The van der Waals surface area contributed by atoms with Gasteiger partial charge in [0.05, 0.1) is 0 Å². The number of carbonyl (C=O) groups excluding carboxylic acids is 1. The summed E-state index contributed by atoms with van der Waals surface area (Å²) in [5.41, 5.74) is 5.97. The standard InChI is InChI=1S/C14H28N2O/c1-2-3-4-5-6-10-14(17)16-11-12-8-7-9-13(12)15/h12-13H,2-11,15H2,1H3,(H,16,17). The third-order valence-corrected chi connectivity index (χ3v) is 3.79. The van der Waals surface area contributed by atoms with Crippen LogP contribution in [0.4, 0.5) is 0 Å². The summed E-state index contributed by atoms with van der Waals surface area (Å²) in [7, 11) is 0. The molecule has 17 heavy (non-hydrogen) atoms. The van der Waals surface area contributed by atoms with Gasteiger partial charge < -0.3 is 11.1 Å². The maximum Gasteiger partial charge on any atom is 0.220 e. The van der Waals surface area contributed by atoms with E-state index in [1.807, 2.05) is 0 Å². The molecule has 0 aromatic carbocycles. The molecule has 0 radical (unpaired) electrons. The zero-order valence-corrected chi connectivity index (χ0v) is 11.2. The normalized spacial score (nSPS) is 23.9. The second kappa shape index (κ2) is 8.51. The fourth-order valence-corrected chi connectivity index (χ4v) is 2.54. The summed E-state index contributed by atoms with van der Waals surface area (Å²) >= 11 is 0. The van der Waals surface area contributed by atoms with Gasteiger partial charge in [-0.3, -0.25) is 4.79 Å². The SMILES string of the molecule is CCCCCCCC(=O)NCC1CCCC1N. The molecule has 0 spiro atoms. The van der Waals surface area contributed by atoms with E-state index in [-0.39, 0.29) is 5.91 Å². The van der Waals surface area contributed by atoms with Gasteiger partial charge >= 0.3 is 0 Å². The smallest absolute Gasteiger partial charge is 0.220 e. The predicted octanol–water partition coefficient (Wildman–Crippen LogP) is 2.59. The summed E-state index contributed by atoms with van der Waals surface area (Å²) in [5, 5.41) is 3.03. The molecule has 100 valence electrons. The van der Waals surface area contributed by atoms with E-state index in [1.165, 1.54) is 38.5 Å². The molecule has 2 unspecified atom stereocenters. The molecule has 3 nitrogen and oxygen atoms in total. The first-order valence-electron chi connectivity index (χ1n) is 7.26. The zero-order valence-electron chi connectivity index (χ0n) is 11.2. The first-order valence-corrected chi connectivity index (χ1v) is 7.26. The average molecular weight is 240 g/mol. The summed E-state index contributed by atoms with van der Waals surface area (Å²) in [6.07, 6.45) is 10.2. The van der Waals surface area contributed by atoms with Gasteiger partial charge in [0.1, 0.15) is 0 Å².